The molecule has 2 aromatic carbocycles. The van der Waals surface area contributed by atoms with Crippen LogP contribution in [0.3, 0.4) is 0 Å². The first kappa shape index (κ1) is 36.4. The molecule has 0 bridgehead atoms. The highest BCUT2D eigenvalue weighted by molar-refractivity contribution is 5.94. The van der Waals surface area contributed by atoms with Gasteiger partial charge in [-0.05, 0) is 76.3 Å². The molecule has 0 saturated carbocycles. The number of ether oxygens (including phenoxy) is 2. The molecule has 0 aromatic heterocycles. The zero-order valence-electron chi connectivity index (χ0n) is 27.9. The van der Waals surface area contributed by atoms with Gasteiger partial charge < -0.3 is 24.6 Å². The number of para-hydroxylation sites is 2. The van der Waals surface area contributed by atoms with Crippen LogP contribution in [0.25, 0.3) is 0 Å². The second-order valence-corrected chi connectivity index (χ2v) is 11.7. The number of nitrogens with one attached hydrogen (secondary N) is 2. The largest absolute Gasteiger partial charge is 0.378 e. The second-order valence-electron chi connectivity index (χ2n) is 11.7. The highest BCUT2D eigenvalue weighted by atomic mass is 16.5. The van der Waals surface area contributed by atoms with Crippen molar-refractivity contribution in [2.24, 2.45) is 0 Å². The minimum Gasteiger partial charge on any atom is -0.378 e. The normalized spacial score (nSPS) is 12.7. The molecule has 43 heavy (non-hydrogen) atoms. The maximum Gasteiger partial charge on any atom is 0.279 e. The number of nitrogens with zero attached hydrogens (tertiary/aromatic N) is 2. The van der Waals surface area contributed by atoms with Gasteiger partial charge in [-0.3, -0.25) is 14.5 Å². The maximum atomic E-state index is 13.1. The Hall–Kier alpha value is -2.78. The van der Waals surface area contributed by atoms with Crippen molar-refractivity contribution in [2.75, 3.05) is 82.9 Å². The van der Waals surface area contributed by atoms with Gasteiger partial charge in [0.25, 0.3) is 5.91 Å². The van der Waals surface area contributed by atoms with Gasteiger partial charge in [-0.2, -0.15) is 0 Å². The van der Waals surface area contributed by atoms with Crippen LogP contribution in [0.5, 0.6) is 0 Å². The van der Waals surface area contributed by atoms with Crippen LogP contribution in [-0.4, -0.2) is 93.4 Å². The standard InChI is InChI=1S/C35H56N4O4/c1-8-11-18-38(26-32(40)36-34-28(4)14-12-15-29(34)5)19-22-42-24-25-43-23-21-39(10-3,20-9-2)27-33(41)37-35-30(6)16-13-17-31(35)7/h12-17H,8-11,18-27H2,1-7H3,(H-,36,37,40,41)/p+1. The van der Waals surface area contributed by atoms with E-state index < -0.39 is 0 Å². The molecule has 0 aliphatic carbocycles. The summed E-state index contributed by atoms with van der Waals surface area (Å²) in [7, 11) is 0. The molecule has 8 heteroatoms. The molecule has 0 aliphatic rings. The van der Waals surface area contributed by atoms with Crippen molar-refractivity contribution in [1.82, 2.24) is 4.90 Å². The Kier molecular flexibility index (Phi) is 16.5. The van der Waals surface area contributed by atoms with Crippen LogP contribution in [0.2, 0.25) is 0 Å². The molecule has 0 spiro atoms. The number of amides is 2. The molecule has 8 nitrogen and oxygen atoms in total. The highest BCUT2D eigenvalue weighted by Crippen LogP contribution is 2.21. The smallest absolute Gasteiger partial charge is 0.279 e. The number of carbonyl (C=O) groups excluding carboxylic acids is 2. The number of aryl methyl sites for hydroxylation is 4. The fourth-order valence-electron chi connectivity index (χ4n) is 5.49. The lowest BCUT2D eigenvalue weighted by Crippen LogP contribution is -2.54. The Balaban J connectivity index is 1.75. The van der Waals surface area contributed by atoms with Crippen molar-refractivity contribution >= 4 is 23.2 Å². The number of likely N-dealkylation sites (N-methyl/N-ethyl adjacent to an activating group) is 1. The number of hydrogen-bond donors (Lipinski definition) is 2. The maximum absolute atomic E-state index is 13.1. The van der Waals surface area contributed by atoms with Crippen molar-refractivity contribution < 1.29 is 23.5 Å². The number of carbonyl (C=O) groups is 2. The van der Waals surface area contributed by atoms with Crippen molar-refractivity contribution in [3.8, 4) is 0 Å². The van der Waals surface area contributed by atoms with Crippen LogP contribution < -0.4 is 10.6 Å². The third-order valence-electron chi connectivity index (χ3n) is 8.17. The molecule has 0 radical (unpaired) electrons. The van der Waals surface area contributed by atoms with E-state index in [0.29, 0.717) is 50.5 Å². The minimum absolute atomic E-state index is 0.00386. The van der Waals surface area contributed by atoms with Gasteiger partial charge in [-0.1, -0.05) is 56.7 Å². The Morgan fingerprint density at radius 2 is 1.23 bits per heavy atom. The van der Waals surface area contributed by atoms with E-state index in [0.717, 1.165) is 79.1 Å². The first-order valence-corrected chi connectivity index (χ1v) is 16.1. The van der Waals surface area contributed by atoms with Gasteiger partial charge in [0, 0.05) is 17.9 Å². The summed E-state index contributed by atoms with van der Waals surface area (Å²) in [6, 6.07) is 12.1. The van der Waals surface area contributed by atoms with E-state index in [1.54, 1.807) is 0 Å². The summed E-state index contributed by atoms with van der Waals surface area (Å²) in [5.41, 5.74) is 6.13. The van der Waals surface area contributed by atoms with E-state index >= 15 is 0 Å². The quantitative estimate of drug-likeness (QED) is 0.139. The molecule has 1 atom stereocenters. The van der Waals surface area contributed by atoms with Crippen LogP contribution in [0.1, 0.15) is 62.3 Å². The molecule has 2 rings (SSSR count). The van der Waals surface area contributed by atoms with Crippen molar-refractivity contribution in [3.63, 3.8) is 0 Å². The summed E-state index contributed by atoms with van der Waals surface area (Å²) in [4.78, 5) is 28.0. The summed E-state index contributed by atoms with van der Waals surface area (Å²) in [5.74, 6) is 0.0514. The third kappa shape index (κ3) is 12.8. The van der Waals surface area contributed by atoms with E-state index in [2.05, 4.69) is 36.3 Å². The molecule has 0 heterocycles. The van der Waals surface area contributed by atoms with E-state index in [1.165, 1.54) is 0 Å². The van der Waals surface area contributed by atoms with E-state index in [4.69, 9.17) is 9.47 Å². The number of hydrogen-bond acceptors (Lipinski definition) is 5. The second kappa shape index (κ2) is 19.5. The lowest BCUT2D eigenvalue weighted by atomic mass is 10.1. The lowest BCUT2D eigenvalue weighted by molar-refractivity contribution is -0.919. The van der Waals surface area contributed by atoms with Gasteiger partial charge in [0.2, 0.25) is 5.91 Å². The fourth-order valence-corrected chi connectivity index (χ4v) is 5.49. The average Bonchev–Trinajstić information content (AvgIpc) is 2.97. The van der Waals surface area contributed by atoms with Crippen molar-refractivity contribution in [2.45, 2.75) is 67.7 Å². The number of unbranched alkanes of at least 4 members (excludes halogenated alkanes) is 1. The Labute approximate surface area is 260 Å². The van der Waals surface area contributed by atoms with Gasteiger partial charge in [-0.25, -0.2) is 0 Å². The molecular formula is C35H57N4O4+. The van der Waals surface area contributed by atoms with Crippen molar-refractivity contribution in [3.05, 3.63) is 58.7 Å². The van der Waals surface area contributed by atoms with E-state index in [9.17, 15) is 9.59 Å². The summed E-state index contributed by atoms with van der Waals surface area (Å²) in [6.45, 7) is 21.6. The van der Waals surface area contributed by atoms with Crippen LogP contribution in [0, 0.1) is 27.7 Å². The fraction of sp³-hybridized carbons (Fsp3) is 0.600. The average molecular weight is 598 g/mol. The highest BCUT2D eigenvalue weighted by Gasteiger charge is 2.28. The lowest BCUT2D eigenvalue weighted by Gasteiger charge is -2.37. The first-order valence-electron chi connectivity index (χ1n) is 16.1. The van der Waals surface area contributed by atoms with Gasteiger partial charge in [0.1, 0.15) is 6.54 Å². The molecule has 0 fully saturated rings. The van der Waals surface area contributed by atoms with E-state index in [-0.39, 0.29) is 11.8 Å². The van der Waals surface area contributed by atoms with Crippen LogP contribution in [0.15, 0.2) is 36.4 Å². The third-order valence-corrected chi connectivity index (χ3v) is 8.17. The summed E-state index contributed by atoms with van der Waals surface area (Å²) < 4.78 is 12.5. The van der Waals surface area contributed by atoms with Crippen molar-refractivity contribution in [1.29, 1.82) is 0 Å². The van der Waals surface area contributed by atoms with Crippen LogP contribution in [-0.2, 0) is 19.1 Å². The monoisotopic (exact) mass is 597 g/mol. The summed E-state index contributed by atoms with van der Waals surface area (Å²) in [6.07, 6.45) is 3.12. The molecular weight excluding hydrogens is 540 g/mol. The number of quaternary nitrogens is 1. The predicted octanol–water partition coefficient (Wildman–Crippen LogP) is 5.88. The van der Waals surface area contributed by atoms with E-state index in [1.807, 2.05) is 64.1 Å². The van der Waals surface area contributed by atoms with Gasteiger partial charge in [0.15, 0.2) is 6.54 Å². The number of rotatable bonds is 21. The number of anilines is 2. The molecule has 0 saturated heterocycles. The molecule has 240 valence electrons. The molecule has 1 unspecified atom stereocenters. The summed E-state index contributed by atoms with van der Waals surface area (Å²) >= 11 is 0. The Bertz CT molecular complexity index is 1100. The van der Waals surface area contributed by atoms with Crippen LogP contribution >= 0.6 is 0 Å². The van der Waals surface area contributed by atoms with Gasteiger partial charge >= 0.3 is 0 Å². The number of benzene rings is 2. The SMILES string of the molecule is CCCCN(CCOCCOCC[N+](CC)(CCC)CC(=O)Nc1c(C)cccc1C)CC(=O)Nc1c(C)cccc1C. The Morgan fingerprint density at radius 1 is 0.698 bits per heavy atom. The topological polar surface area (TPSA) is 79.9 Å². The zero-order chi connectivity index (χ0) is 31.7. The zero-order valence-corrected chi connectivity index (χ0v) is 27.9. The molecule has 2 amide bonds. The molecule has 0 aliphatic heterocycles. The van der Waals surface area contributed by atoms with Gasteiger partial charge in [0.05, 0.1) is 46.1 Å². The van der Waals surface area contributed by atoms with Gasteiger partial charge in [-0.15, -0.1) is 0 Å². The minimum atomic E-state index is 0.00386. The molecule has 2 aromatic rings. The van der Waals surface area contributed by atoms with Crippen LogP contribution in [0.4, 0.5) is 11.4 Å². The predicted molar refractivity (Wildman–Crippen MR) is 178 cm³/mol. The first-order chi connectivity index (χ1) is 20.6. The Morgan fingerprint density at radius 3 is 1.74 bits per heavy atom. The summed E-state index contributed by atoms with van der Waals surface area (Å²) in [5, 5.41) is 6.25. The molecule has 2 N–H and O–H groups in total.